The Morgan fingerprint density at radius 2 is 1.76 bits per heavy atom. The molecule has 0 spiro atoms. The van der Waals surface area contributed by atoms with Crippen molar-refractivity contribution in [1.82, 2.24) is 4.57 Å². The van der Waals surface area contributed by atoms with Gasteiger partial charge in [-0.3, -0.25) is 4.79 Å². The standard InChI is InChI=1S/C28H30FN3O2/c1-4-19-11-13-32(14-12-19)26-16-24(22-9-10-23(17-30)25(29)15-22)27(31(2)28(26)33)21-7-5-20(6-8-21)18-34-3/h5-10,15-16,19H,4,11-14,18H2,1-3H3. The maximum absolute atomic E-state index is 14.6. The number of hydrogen-bond acceptors (Lipinski definition) is 4. The first-order chi connectivity index (χ1) is 16.5. The molecule has 2 heterocycles. The van der Waals surface area contributed by atoms with Gasteiger partial charge in [-0.05, 0) is 53.6 Å². The SMILES string of the molecule is CCC1CCN(c2cc(-c3ccc(C#N)c(F)c3)c(-c3ccc(COC)cc3)n(C)c2=O)CC1. The fourth-order valence-electron chi connectivity index (χ4n) is 4.80. The van der Waals surface area contributed by atoms with E-state index >= 15 is 0 Å². The van der Waals surface area contributed by atoms with Crippen LogP contribution in [0.15, 0.2) is 53.3 Å². The number of nitriles is 1. The minimum absolute atomic E-state index is 0.000833. The number of ether oxygens (including phenoxy) is 1. The summed E-state index contributed by atoms with van der Waals surface area (Å²) in [5, 5.41) is 9.17. The number of pyridine rings is 1. The highest BCUT2D eigenvalue weighted by molar-refractivity contribution is 5.84. The van der Waals surface area contributed by atoms with Crippen molar-refractivity contribution in [1.29, 1.82) is 5.26 Å². The van der Waals surface area contributed by atoms with Gasteiger partial charge in [-0.1, -0.05) is 43.7 Å². The molecule has 4 rings (SSSR count). The van der Waals surface area contributed by atoms with Gasteiger partial charge in [0.05, 0.1) is 17.9 Å². The average molecular weight is 460 g/mol. The highest BCUT2D eigenvalue weighted by Crippen LogP contribution is 2.35. The fourth-order valence-corrected chi connectivity index (χ4v) is 4.80. The number of hydrogen-bond donors (Lipinski definition) is 0. The van der Waals surface area contributed by atoms with E-state index in [0.717, 1.165) is 49.0 Å². The number of methoxy groups -OCH3 is 1. The van der Waals surface area contributed by atoms with Gasteiger partial charge >= 0.3 is 0 Å². The van der Waals surface area contributed by atoms with Crippen molar-refractivity contribution in [3.63, 3.8) is 0 Å². The zero-order valence-electron chi connectivity index (χ0n) is 20.0. The Kier molecular flexibility index (Phi) is 7.14. The van der Waals surface area contributed by atoms with Gasteiger partial charge in [0.25, 0.3) is 5.56 Å². The number of piperidine rings is 1. The van der Waals surface area contributed by atoms with Gasteiger partial charge in [0.1, 0.15) is 17.6 Å². The Labute approximate surface area is 200 Å². The number of anilines is 1. The van der Waals surface area contributed by atoms with Crippen LogP contribution in [0.5, 0.6) is 0 Å². The highest BCUT2D eigenvalue weighted by Gasteiger charge is 2.24. The van der Waals surface area contributed by atoms with Crippen molar-refractivity contribution in [3.05, 3.63) is 75.8 Å². The van der Waals surface area contributed by atoms with Crippen LogP contribution in [-0.2, 0) is 18.4 Å². The topological polar surface area (TPSA) is 58.3 Å². The van der Waals surface area contributed by atoms with Gasteiger partial charge in [0.2, 0.25) is 0 Å². The zero-order chi connectivity index (χ0) is 24.2. The van der Waals surface area contributed by atoms with Crippen LogP contribution >= 0.6 is 0 Å². The summed E-state index contributed by atoms with van der Waals surface area (Å²) in [6.07, 6.45) is 3.27. The molecule has 1 fully saturated rings. The summed E-state index contributed by atoms with van der Waals surface area (Å²) < 4.78 is 21.5. The van der Waals surface area contributed by atoms with Crippen molar-refractivity contribution < 1.29 is 9.13 Å². The van der Waals surface area contributed by atoms with Crippen LogP contribution in [-0.4, -0.2) is 24.8 Å². The molecule has 0 saturated carbocycles. The van der Waals surface area contributed by atoms with Crippen molar-refractivity contribution in [2.45, 2.75) is 32.8 Å². The lowest BCUT2D eigenvalue weighted by atomic mass is 9.93. The first kappa shape index (κ1) is 23.7. The first-order valence-corrected chi connectivity index (χ1v) is 11.7. The molecule has 6 heteroatoms. The Morgan fingerprint density at radius 3 is 2.35 bits per heavy atom. The number of nitrogens with zero attached hydrogens (tertiary/aromatic N) is 3. The Morgan fingerprint density at radius 1 is 1.09 bits per heavy atom. The van der Waals surface area contributed by atoms with Crippen LogP contribution in [0.3, 0.4) is 0 Å². The van der Waals surface area contributed by atoms with Crippen molar-refractivity contribution in [3.8, 4) is 28.5 Å². The molecular formula is C28H30FN3O2. The molecule has 2 aromatic carbocycles. The maximum atomic E-state index is 14.6. The molecule has 0 N–H and O–H groups in total. The minimum Gasteiger partial charge on any atom is -0.380 e. The van der Waals surface area contributed by atoms with Crippen LogP contribution in [0, 0.1) is 23.1 Å². The van der Waals surface area contributed by atoms with Crippen LogP contribution < -0.4 is 10.5 Å². The fraction of sp³-hybridized carbons (Fsp3) is 0.357. The Balaban J connectivity index is 1.88. The maximum Gasteiger partial charge on any atom is 0.274 e. The number of aromatic nitrogens is 1. The molecule has 0 bridgehead atoms. The molecule has 176 valence electrons. The molecule has 34 heavy (non-hydrogen) atoms. The average Bonchev–Trinajstić information content (AvgIpc) is 2.86. The van der Waals surface area contributed by atoms with Gasteiger partial charge in [0.15, 0.2) is 0 Å². The number of rotatable bonds is 6. The molecular weight excluding hydrogens is 429 g/mol. The molecule has 1 aliphatic heterocycles. The summed E-state index contributed by atoms with van der Waals surface area (Å²) in [4.78, 5) is 15.7. The van der Waals surface area contributed by atoms with Crippen molar-refractivity contribution in [2.75, 3.05) is 25.1 Å². The van der Waals surface area contributed by atoms with Crippen LogP contribution in [0.2, 0.25) is 0 Å². The lowest BCUT2D eigenvalue weighted by Gasteiger charge is -2.33. The molecule has 5 nitrogen and oxygen atoms in total. The van der Waals surface area contributed by atoms with E-state index in [1.807, 2.05) is 36.4 Å². The van der Waals surface area contributed by atoms with E-state index in [4.69, 9.17) is 10.00 Å². The lowest BCUT2D eigenvalue weighted by Crippen LogP contribution is -2.38. The quantitative estimate of drug-likeness (QED) is 0.488. The van der Waals surface area contributed by atoms with E-state index in [1.54, 1.807) is 24.8 Å². The highest BCUT2D eigenvalue weighted by atomic mass is 19.1. The summed E-state index contributed by atoms with van der Waals surface area (Å²) in [5.74, 6) is 0.123. The third-order valence-corrected chi connectivity index (χ3v) is 6.87. The van der Waals surface area contributed by atoms with E-state index in [9.17, 15) is 9.18 Å². The molecule has 0 unspecified atom stereocenters. The van der Waals surface area contributed by atoms with Gasteiger partial charge in [0, 0.05) is 32.8 Å². The van der Waals surface area contributed by atoms with Gasteiger partial charge in [-0.25, -0.2) is 4.39 Å². The normalized spacial score (nSPS) is 14.3. The lowest BCUT2D eigenvalue weighted by molar-refractivity contribution is 0.185. The van der Waals surface area contributed by atoms with E-state index in [2.05, 4.69) is 11.8 Å². The Hall–Kier alpha value is -3.43. The summed E-state index contributed by atoms with van der Waals surface area (Å²) >= 11 is 0. The third-order valence-electron chi connectivity index (χ3n) is 6.87. The van der Waals surface area contributed by atoms with Crippen LogP contribution in [0.4, 0.5) is 10.1 Å². The monoisotopic (exact) mass is 459 g/mol. The summed E-state index contributed by atoms with van der Waals surface area (Å²) in [5.41, 5.74) is 4.56. The second-order valence-electron chi connectivity index (χ2n) is 8.93. The predicted octanol–water partition coefficient (Wildman–Crippen LogP) is 5.50. The van der Waals surface area contributed by atoms with E-state index in [0.29, 0.717) is 29.5 Å². The summed E-state index contributed by atoms with van der Waals surface area (Å²) in [6, 6.07) is 16.3. The first-order valence-electron chi connectivity index (χ1n) is 11.7. The van der Waals surface area contributed by atoms with Gasteiger partial charge < -0.3 is 14.2 Å². The van der Waals surface area contributed by atoms with Gasteiger partial charge in [-0.15, -0.1) is 0 Å². The Bertz CT molecular complexity index is 1270. The molecule has 0 aliphatic carbocycles. The molecule has 1 aliphatic rings. The second-order valence-corrected chi connectivity index (χ2v) is 8.93. The third kappa shape index (κ3) is 4.62. The smallest absolute Gasteiger partial charge is 0.274 e. The summed E-state index contributed by atoms with van der Waals surface area (Å²) in [7, 11) is 3.42. The second kappa shape index (κ2) is 10.2. The largest absolute Gasteiger partial charge is 0.380 e. The number of benzene rings is 2. The van der Waals surface area contributed by atoms with Crippen LogP contribution in [0.25, 0.3) is 22.4 Å². The minimum atomic E-state index is -0.569. The summed E-state index contributed by atoms with van der Waals surface area (Å²) in [6.45, 7) is 4.38. The van der Waals surface area contributed by atoms with Crippen molar-refractivity contribution in [2.24, 2.45) is 13.0 Å². The van der Waals surface area contributed by atoms with Gasteiger partial charge in [-0.2, -0.15) is 5.26 Å². The number of halogens is 1. The molecule has 0 radical (unpaired) electrons. The molecule has 0 amide bonds. The molecule has 3 aromatic rings. The zero-order valence-corrected chi connectivity index (χ0v) is 20.0. The molecule has 1 aromatic heterocycles. The van der Waals surface area contributed by atoms with E-state index < -0.39 is 5.82 Å². The molecule has 0 atom stereocenters. The predicted molar refractivity (Wildman–Crippen MR) is 133 cm³/mol. The van der Waals surface area contributed by atoms with E-state index in [1.165, 1.54) is 12.1 Å². The van der Waals surface area contributed by atoms with Crippen LogP contribution in [0.1, 0.15) is 37.3 Å². The molecule has 1 saturated heterocycles. The van der Waals surface area contributed by atoms with E-state index in [-0.39, 0.29) is 11.1 Å². The van der Waals surface area contributed by atoms with Crippen molar-refractivity contribution >= 4 is 5.69 Å².